The fourth-order valence-electron chi connectivity index (χ4n) is 3.46. The van der Waals surface area contributed by atoms with Crippen LogP contribution in [0.2, 0.25) is 0 Å². The molecule has 1 amide bonds. The van der Waals surface area contributed by atoms with Gasteiger partial charge in [-0.1, -0.05) is 5.16 Å². The minimum atomic E-state index is -0.0739. The maximum atomic E-state index is 12.8. The lowest BCUT2D eigenvalue weighted by Gasteiger charge is -2.38. The van der Waals surface area contributed by atoms with E-state index in [1.807, 2.05) is 11.0 Å². The lowest BCUT2D eigenvalue weighted by atomic mass is 9.97. The molecule has 1 aromatic carbocycles. The van der Waals surface area contributed by atoms with Gasteiger partial charge in [0.15, 0.2) is 23.0 Å². The minimum Gasteiger partial charge on any atom is -0.493 e. The van der Waals surface area contributed by atoms with E-state index in [0.717, 1.165) is 24.8 Å². The van der Waals surface area contributed by atoms with Crippen LogP contribution < -0.4 is 9.47 Å². The summed E-state index contributed by atoms with van der Waals surface area (Å²) >= 11 is 0. The van der Waals surface area contributed by atoms with Crippen molar-refractivity contribution in [1.82, 2.24) is 10.1 Å². The Kier molecular flexibility index (Phi) is 4.97. The first-order chi connectivity index (χ1) is 12.0. The maximum Gasteiger partial charge on any atom is 0.276 e. The van der Waals surface area contributed by atoms with E-state index >= 15 is 0 Å². The third-order valence-corrected chi connectivity index (χ3v) is 4.83. The number of rotatable bonds is 4. The Morgan fingerprint density at radius 3 is 2.44 bits per heavy atom. The van der Waals surface area contributed by atoms with Gasteiger partial charge in [0, 0.05) is 23.7 Å². The van der Waals surface area contributed by atoms with Gasteiger partial charge in [-0.05, 0) is 51.3 Å². The van der Waals surface area contributed by atoms with Crippen LogP contribution in [0, 0.1) is 0 Å². The van der Waals surface area contributed by atoms with Gasteiger partial charge >= 0.3 is 0 Å². The lowest BCUT2D eigenvalue weighted by molar-refractivity contribution is 0.0500. The Labute approximate surface area is 147 Å². The van der Waals surface area contributed by atoms with Crippen molar-refractivity contribution in [3.8, 4) is 22.8 Å². The van der Waals surface area contributed by atoms with Gasteiger partial charge in [-0.3, -0.25) is 4.79 Å². The van der Waals surface area contributed by atoms with Gasteiger partial charge in [-0.15, -0.1) is 0 Å². The SMILES string of the molecule is COc1ccc(-c2cc(C(=O)N3[C@@H](C)CCC[C@@H]3C)no2)cc1OC. The molecule has 2 heterocycles. The number of carbonyl (C=O) groups is 1. The number of piperidine rings is 1. The van der Waals surface area contributed by atoms with E-state index in [9.17, 15) is 4.79 Å². The first-order valence-electron chi connectivity index (χ1n) is 8.57. The van der Waals surface area contributed by atoms with Crippen LogP contribution in [-0.2, 0) is 0 Å². The van der Waals surface area contributed by atoms with Gasteiger partial charge < -0.3 is 18.9 Å². The number of ether oxygens (including phenoxy) is 2. The van der Waals surface area contributed by atoms with E-state index in [4.69, 9.17) is 14.0 Å². The topological polar surface area (TPSA) is 64.8 Å². The van der Waals surface area contributed by atoms with Gasteiger partial charge in [0.2, 0.25) is 0 Å². The molecule has 134 valence electrons. The third kappa shape index (κ3) is 3.34. The number of methoxy groups -OCH3 is 2. The van der Waals surface area contributed by atoms with Crippen molar-refractivity contribution in [2.45, 2.75) is 45.2 Å². The van der Waals surface area contributed by atoms with Crippen LogP contribution in [-0.4, -0.2) is 42.3 Å². The lowest BCUT2D eigenvalue weighted by Crippen LogP contribution is -2.47. The van der Waals surface area contributed by atoms with Crippen LogP contribution in [0.3, 0.4) is 0 Å². The van der Waals surface area contributed by atoms with Gasteiger partial charge in [0.1, 0.15) is 0 Å². The molecule has 2 atom stereocenters. The summed E-state index contributed by atoms with van der Waals surface area (Å²) in [6.45, 7) is 4.17. The molecule has 3 rings (SSSR count). The van der Waals surface area contributed by atoms with Crippen molar-refractivity contribution in [1.29, 1.82) is 0 Å². The molecule has 1 aliphatic rings. The average molecular weight is 344 g/mol. The van der Waals surface area contributed by atoms with Gasteiger partial charge in [0.25, 0.3) is 5.91 Å². The van der Waals surface area contributed by atoms with Gasteiger partial charge in [-0.2, -0.15) is 0 Å². The summed E-state index contributed by atoms with van der Waals surface area (Å²) in [6, 6.07) is 7.59. The summed E-state index contributed by atoms with van der Waals surface area (Å²) in [6.07, 6.45) is 3.20. The highest BCUT2D eigenvalue weighted by atomic mass is 16.5. The van der Waals surface area contributed by atoms with Crippen LogP contribution in [0.4, 0.5) is 0 Å². The molecule has 1 aliphatic heterocycles. The van der Waals surface area contributed by atoms with Crippen LogP contribution >= 0.6 is 0 Å². The molecule has 0 radical (unpaired) electrons. The number of carbonyl (C=O) groups excluding carboxylic acids is 1. The zero-order valence-corrected chi connectivity index (χ0v) is 15.1. The molecule has 6 nitrogen and oxygen atoms in total. The fourth-order valence-corrected chi connectivity index (χ4v) is 3.46. The normalized spacial score (nSPS) is 20.4. The molecule has 25 heavy (non-hydrogen) atoms. The quantitative estimate of drug-likeness (QED) is 0.845. The first-order valence-corrected chi connectivity index (χ1v) is 8.57. The zero-order chi connectivity index (χ0) is 18.0. The number of nitrogens with zero attached hydrogens (tertiary/aromatic N) is 2. The van der Waals surface area contributed by atoms with Crippen molar-refractivity contribution < 1.29 is 18.8 Å². The zero-order valence-electron chi connectivity index (χ0n) is 15.1. The molecule has 6 heteroatoms. The number of amides is 1. The Morgan fingerprint density at radius 1 is 1.12 bits per heavy atom. The Hall–Kier alpha value is -2.50. The molecule has 0 saturated carbocycles. The van der Waals surface area contributed by atoms with E-state index in [2.05, 4.69) is 19.0 Å². The minimum absolute atomic E-state index is 0.0739. The van der Waals surface area contributed by atoms with Crippen LogP contribution in [0.15, 0.2) is 28.8 Å². The molecule has 0 bridgehead atoms. The fraction of sp³-hybridized carbons (Fsp3) is 0.474. The van der Waals surface area contributed by atoms with Crippen molar-refractivity contribution in [2.24, 2.45) is 0 Å². The number of likely N-dealkylation sites (tertiary alicyclic amines) is 1. The molecule has 0 N–H and O–H groups in total. The summed E-state index contributed by atoms with van der Waals surface area (Å²) in [4.78, 5) is 14.8. The number of hydrogen-bond acceptors (Lipinski definition) is 5. The predicted molar refractivity (Wildman–Crippen MR) is 94.0 cm³/mol. The summed E-state index contributed by atoms with van der Waals surface area (Å²) in [7, 11) is 3.17. The molecule has 1 fully saturated rings. The van der Waals surface area contributed by atoms with E-state index in [1.54, 1.807) is 32.4 Å². The summed E-state index contributed by atoms with van der Waals surface area (Å²) in [5, 5.41) is 4.00. The van der Waals surface area contributed by atoms with Gasteiger partial charge in [-0.25, -0.2) is 0 Å². The summed E-state index contributed by atoms with van der Waals surface area (Å²) in [5.74, 6) is 1.69. The number of aromatic nitrogens is 1. The maximum absolute atomic E-state index is 12.8. The number of benzene rings is 1. The molecule has 0 aliphatic carbocycles. The molecular weight excluding hydrogens is 320 g/mol. The van der Waals surface area contributed by atoms with Crippen LogP contribution in [0.5, 0.6) is 11.5 Å². The highest BCUT2D eigenvalue weighted by Gasteiger charge is 2.31. The molecule has 0 spiro atoms. The molecule has 1 saturated heterocycles. The highest BCUT2D eigenvalue weighted by Crippen LogP contribution is 2.33. The van der Waals surface area contributed by atoms with E-state index in [-0.39, 0.29) is 18.0 Å². The van der Waals surface area contributed by atoms with Crippen LogP contribution in [0.25, 0.3) is 11.3 Å². The second kappa shape index (κ2) is 7.17. The Morgan fingerprint density at radius 2 is 1.80 bits per heavy atom. The number of hydrogen-bond donors (Lipinski definition) is 0. The molecule has 2 aromatic rings. The largest absolute Gasteiger partial charge is 0.493 e. The highest BCUT2D eigenvalue weighted by molar-refractivity contribution is 5.93. The van der Waals surface area contributed by atoms with E-state index < -0.39 is 0 Å². The summed E-state index contributed by atoms with van der Waals surface area (Å²) in [5.41, 5.74) is 1.12. The monoisotopic (exact) mass is 344 g/mol. The second-order valence-corrected chi connectivity index (χ2v) is 6.49. The van der Waals surface area contributed by atoms with E-state index in [0.29, 0.717) is 23.0 Å². The third-order valence-electron chi connectivity index (χ3n) is 4.83. The average Bonchev–Trinajstić information content (AvgIpc) is 3.11. The predicted octanol–water partition coefficient (Wildman–Crippen LogP) is 3.76. The Bertz CT molecular complexity index is 746. The van der Waals surface area contributed by atoms with Crippen molar-refractivity contribution in [3.63, 3.8) is 0 Å². The van der Waals surface area contributed by atoms with Crippen molar-refractivity contribution >= 4 is 5.91 Å². The van der Waals surface area contributed by atoms with Crippen molar-refractivity contribution in [3.05, 3.63) is 30.0 Å². The Balaban J connectivity index is 1.86. The van der Waals surface area contributed by atoms with Crippen molar-refractivity contribution in [2.75, 3.05) is 14.2 Å². The van der Waals surface area contributed by atoms with E-state index in [1.165, 1.54) is 0 Å². The molecule has 0 unspecified atom stereocenters. The second-order valence-electron chi connectivity index (χ2n) is 6.49. The smallest absolute Gasteiger partial charge is 0.276 e. The van der Waals surface area contributed by atoms with Crippen LogP contribution in [0.1, 0.15) is 43.6 Å². The van der Waals surface area contributed by atoms with Gasteiger partial charge in [0.05, 0.1) is 14.2 Å². The summed E-state index contributed by atoms with van der Waals surface area (Å²) < 4.78 is 16.0. The molecular formula is C19H24N2O4. The molecule has 1 aromatic heterocycles. The standard InChI is InChI=1S/C19H24N2O4/c1-12-6-5-7-13(2)21(12)19(22)15-11-17(25-20-15)14-8-9-16(23-3)18(10-14)24-4/h8-13H,5-7H2,1-4H3/t12-,13-/m0/s1. The first kappa shape index (κ1) is 17.3.